The molecule has 1 heterocycles. The van der Waals surface area contributed by atoms with Gasteiger partial charge in [0.05, 0.1) is 6.54 Å². The Labute approximate surface area is 88.6 Å². The van der Waals surface area contributed by atoms with Gasteiger partial charge >= 0.3 is 0 Å². The van der Waals surface area contributed by atoms with E-state index in [9.17, 15) is 14.4 Å². The maximum atomic E-state index is 11.3. The third kappa shape index (κ3) is 3.06. The van der Waals surface area contributed by atoms with E-state index in [1.54, 1.807) is 0 Å². The second-order valence-electron chi connectivity index (χ2n) is 2.55. The molecule has 0 fully saturated rings. The van der Waals surface area contributed by atoms with Crippen LogP contribution >= 0.6 is 11.6 Å². The van der Waals surface area contributed by atoms with E-state index < -0.39 is 23.1 Å². The molecule has 0 atom stereocenters. The van der Waals surface area contributed by atoms with Crippen LogP contribution in [0.25, 0.3) is 0 Å². The summed E-state index contributed by atoms with van der Waals surface area (Å²) in [6.45, 7) is -0.369. The molecule has 7 nitrogen and oxygen atoms in total. The summed E-state index contributed by atoms with van der Waals surface area (Å²) in [5.74, 6) is -1.53. The Morgan fingerprint density at radius 2 is 2.27 bits per heavy atom. The lowest BCUT2D eigenvalue weighted by Crippen LogP contribution is -2.36. The molecule has 0 saturated heterocycles. The van der Waals surface area contributed by atoms with Crippen LogP contribution in [-0.2, 0) is 4.79 Å². The zero-order chi connectivity index (χ0) is 11.4. The minimum absolute atomic E-state index is 0.0289. The maximum absolute atomic E-state index is 11.3. The van der Waals surface area contributed by atoms with E-state index in [1.165, 1.54) is 0 Å². The molecule has 0 radical (unpaired) electrons. The van der Waals surface area contributed by atoms with E-state index in [2.05, 4.69) is 15.3 Å². The number of H-pyrrole nitrogens is 1. The first-order valence-corrected chi connectivity index (χ1v) is 4.20. The number of halogens is 1. The summed E-state index contributed by atoms with van der Waals surface area (Å²) in [7, 11) is 0. The molecule has 0 saturated carbocycles. The molecule has 80 valence electrons. The summed E-state index contributed by atoms with van der Waals surface area (Å²) < 4.78 is 0. The molecule has 1 aromatic rings. The van der Waals surface area contributed by atoms with Crippen LogP contribution in [0.5, 0.6) is 0 Å². The SMILES string of the molecule is NC(=O)CNC(=O)c1nc(Cl)c[nH]c1=O. The van der Waals surface area contributed by atoms with Gasteiger partial charge in [0.15, 0.2) is 5.69 Å². The van der Waals surface area contributed by atoms with Crippen LogP contribution in [0, 0.1) is 0 Å². The van der Waals surface area contributed by atoms with Gasteiger partial charge in [0, 0.05) is 6.20 Å². The second-order valence-corrected chi connectivity index (χ2v) is 2.94. The van der Waals surface area contributed by atoms with Gasteiger partial charge in [0.2, 0.25) is 5.91 Å². The molecule has 8 heteroatoms. The standard InChI is InChI=1S/C7H7ClN4O3/c8-3-1-10-6(14)5(12-3)7(15)11-2-4(9)13/h1H,2H2,(H2,9,13)(H,10,14)(H,11,15). The van der Waals surface area contributed by atoms with Crippen molar-refractivity contribution in [3.8, 4) is 0 Å². The van der Waals surface area contributed by atoms with Crippen LogP contribution in [0.4, 0.5) is 0 Å². The molecule has 15 heavy (non-hydrogen) atoms. The number of amides is 2. The third-order valence-electron chi connectivity index (χ3n) is 1.39. The Morgan fingerprint density at radius 3 is 2.87 bits per heavy atom. The number of hydrogen-bond donors (Lipinski definition) is 3. The minimum Gasteiger partial charge on any atom is -0.368 e. The first-order chi connectivity index (χ1) is 7.00. The lowest BCUT2D eigenvalue weighted by molar-refractivity contribution is -0.117. The lowest BCUT2D eigenvalue weighted by Gasteiger charge is -2.00. The van der Waals surface area contributed by atoms with Crippen LogP contribution < -0.4 is 16.6 Å². The van der Waals surface area contributed by atoms with Gasteiger partial charge in [-0.05, 0) is 0 Å². The number of aromatic nitrogens is 2. The van der Waals surface area contributed by atoms with Gasteiger partial charge in [-0.2, -0.15) is 0 Å². The quantitative estimate of drug-likeness (QED) is 0.594. The molecule has 0 aliphatic rings. The first-order valence-electron chi connectivity index (χ1n) is 3.82. The van der Waals surface area contributed by atoms with Crippen molar-refractivity contribution in [2.75, 3.05) is 6.54 Å². The van der Waals surface area contributed by atoms with Gasteiger partial charge in [0.25, 0.3) is 11.5 Å². The average Bonchev–Trinajstić information content (AvgIpc) is 2.18. The number of nitrogens with zero attached hydrogens (tertiary/aromatic N) is 1. The topological polar surface area (TPSA) is 118 Å². The van der Waals surface area contributed by atoms with E-state index in [4.69, 9.17) is 17.3 Å². The number of rotatable bonds is 3. The lowest BCUT2D eigenvalue weighted by atomic mass is 10.4. The largest absolute Gasteiger partial charge is 0.368 e. The number of carbonyl (C=O) groups excluding carboxylic acids is 2. The minimum atomic E-state index is -0.808. The molecule has 1 rings (SSSR count). The maximum Gasteiger partial charge on any atom is 0.279 e. The second kappa shape index (κ2) is 4.56. The Kier molecular flexibility index (Phi) is 3.40. The van der Waals surface area contributed by atoms with Crippen molar-refractivity contribution in [1.29, 1.82) is 0 Å². The van der Waals surface area contributed by atoms with Crippen molar-refractivity contribution in [3.05, 3.63) is 27.4 Å². The molecule has 0 aliphatic heterocycles. The number of carbonyl (C=O) groups is 2. The van der Waals surface area contributed by atoms with E-state index in [0.29, 0.717) is 0 Å². The van der Waals surface area contributed by atoms with Crippen LogP contribution in [-0.4, -0.2) is 28.3 Å². The number of hydrogen-bond acceptors (Lipinski definition) is 4. The van der Waals surface area contributed by atoms with Gasteiger partial charge in [-0.15, -0.1) is 0 Å². The summed E-state index contributed by atoms with van der Waals surface area (Å²) in [5, 5.41) is 2.08. The smallest absolute Gasteiger partial charge is 0.279 e. The van der Waals surface area contributed by atoms with E-state index in [-0.39, 0.29) is 11.7 Å². The number of primary amides is 1. The average molecular weight is 231 g/mol. The van der Waals surface area contributed by atoms with Gasteiger partial charge < -0.3 is 16.0 Å². The van der Waals surface area contributed by atoms with Crippen molar-refractivity contribution < 1.29 is 9.59 Å². The molecule has 0 spiro atoms. The summed E-state index contributed by atoms with van der Waals surface area (Å²) in [6.07, 6.45) is 1.15. The van der Waals surface area contributed by atoms with Crippen molar-refractivity contribution in [2.45, 2.75) is 0 Å². The fraction of sp³-hybridized carbons (Fsp3) is 0.143. The monoisotopic (exact) mass is 230 g/mol. The summed E-state index contributed by atoms with van der Waals surface area (Å²) in [5.41, 5.74) is 3.69. The van der Waals surface area contributed by atoms with Gasteiger partial charge in [-0.1, -0.05) is 11.6 Å². The van der Waals surface area contributed by atoms with E-state index in [1.807, 2.05) is 0 Å². The van der Waals surface area contributed by atoms with Gasteiger partial charge in [-0.3, -0.25) is 14.4 Å². The van der Waals surface area contributed by atoms with Crippen LogP contribution in [0.15, 0.2) is 11.0 Å². The van der Waals surface area contributed by atoms with E-state index in [0.717, 1.165) is 6.20 Å². The highest BCUT2D eigenvalue weighted by molar-refractivity contribution is 6.29. The molecular weight excluding hydrogens is 224 g/mol. The molecule has 4 N–H and O–H groups in total. The third-order valence-corrected chi connectivity index (χ3v) is 1.59. The van der Waals surface area contributed by atoms with Crippen molar-refractivity contribution in [3.63, 3.8) is 0 Å². The summed E-state index contributed by atoms with van der Waals surface area (Å²) in [4.78, 5) is 38.4. The molecule has 0 aliphatic carbocycles. The van der Waals surface area contributed by atoms with Gasteiger partial charge in [0.1, 0.15) is 5.15 Å². The van der Waals surface area contributed by atoms with Crippen LogP contribution in [0.3, 0.4) is 0 Å². The first kappa shape index (κ1) is 11.2. The molecule has 2 amide bonds. The highest BCUT2D eigenvalue weighted by Gasteiger charge is 2.12. The fourth-order valence-corrected chi connectivity index (χ4v) is 0.927. The number of nitrogens with one attached hydrogen (secondary N) is 2. The predicted molar refractivity (Wildman–Crippen MR) is 51.4 cm³/mol. The van der Waals surface area contributed by atoms with Crippen molar-refractivity contribution in [1.82, 2.24) is 15.3 Å². The Hall–Kier alpha value is -1.89. The van der Waals surface area contributed by atoms with Crippen LogP contribution in [0.1, 0.15) is 10.5 Å². The summed E-state index contributed by atoms with van der Waals surface area (Å²) >= 11 is 5.47. The van der Waals surface area contributed by atoms with Crippen molar-refractivity contribution in [2.24, 2.45) is 5.73 Å². The highest BCUT2D eigenvalue weighted by atomic mass is 35.5. The molecular formula is C7H7ClN4O3. The Balaban J connectivity index is 2.86. The number of nitrogens with two attached hydrogens (primary N) is 1. The van der Waals surface area contributed by atoms with Gasteiger partial charge in [-0.25, -0.2) is 4.98 Å². The zero-order valence-electron chi connectivity index (χ0n) is 7.41. The molecule has 1 aromatic heterocycles. The number of aromatic amines is 1. The molecule has 0 aromatic carbocycles. The fourth-order valence-electron chi connectivity index (χ4n) is 0.788. The normalized spacial score (nSPS) is 9.67. The van der Waals surface area contributed by atoms with Crippen molar-refractivity contribution >= 4 is 23.4 Å². The molecule has 0 unspecified atom stereocenters. The van der Waals surface area contributed by atoms with Crippen LogP contribution in [0.2, 0.25) is 5.15 Å². The Morgan fingerprint density at radius 1 is 1.60 bits per heavy atom. The summed E-state index contributed by atoms with van der Waals surface area (Å²) in [6, 6.07) is 0. The predicted octanol–water partition coefficient (Wildman–Crippen LogP) is -1.36. The Bertz CT molecular complexity index is 456. The molecule has 0 bridgehead atoms. The highest BCUT2D eigenvalue weighted by Crippen LogP contribution is 1.98. The zero-order valence-corrected chi connectivity index (χ0v) is 8.17. The van der Waals surface area contributed by atoms with E-state index >= 15 is 0 Å².